The van der Waals surface area contributed by atoms with E-state index in [0.29, 0.717) is 25.1 Å². The van der Waals surface area contributed by atoms with Crippen molar-refractivity contribution in [3.63, 3.8) is 0 Å². The summed E-state index contributed by atoms with van der Waals surface area (Å²) in [6.45, 7) is 1.08. The lowest BCUT2D eigenvalue weighted by molar-refractivity contribution is -0.156. The lowest BCUT2D eigenvalue weighted by atomic mass is 10.0. The lowest BCUT2D eigenvalue weighted by Gasteiger charge is -2.38. The first-order chi connectivity index (χ1) is 14.1. The van der Waals surface area contributed by atoms with Crippen LogP contribution in [0.3, 0.4) is 0 Å². The summed E-state index contributed by atoms with van der Waals surface area (Å²) in [5.41, 5.74) is 2.73. The fraction of sp³-hybridized carbons (Fsp3) is 0.348. The third kappa shape index (κ3) is 3.09. The Morgan fingerprint density at radius 2 is 1.55 bits per heavy atom. The average molecular weight is 389 g/mol. The highest BCUT2D eigenvalue weighted by Crippen LogP contribution is 2.32. The van der Waals surface area contributed by atoms with Crippen LogP contribution in [0.5, 0.6) is 0 Å². The van der Waals surface area contributed by atoms with Crippen LogP contribution in [0.15, 0.2) is 54.6 Å². The highest BCUT2D eigenvalue weighted by Gasteiger charge is 2.51. The molecule has 3 atom stereocenters. The minimum absolute atomic E-state index is 0.0380. The molecule has 3 heterocycles. The second-order valence-corrected chi connectivity index (χ2v) is 8.05. The normalized spacial score (nSPS) is 25.7. The maximum atomic E-state index is 12.7. The van der Waals surface area contributed by atoms with Crippen LogP contribution in [-0.2, 0) is 9.59 Å². The number of carbonyl (C=O) groups excluding carboxylic acids is 3. The van der Waals surface area contributed by atoms with Crippen molar-refractivity contribution in [2.75, 3.05) is 13.1 Å². The van der Waals surface area contributed by atoms with Gasteiger partial charge < -0.3 is 15.1 Å². The zero-order valence-electron chi connectivity index (χ0n) is 16.1. The molecule has 0 bridgehead atoms. The molecule has 29 heavy (non-hydrogen) atoms. The van der Waals surface area contributed by atoms with E-state index in [4.69, 9.17) is 0 Å². The molecule has 1 N–H and O–H groups in total. The van der Waals surface area contributed by atoms with E-state index in [9.17, 15) is 14.4 Å². The zero-order chi connectivity index (χ0) is 20.0. The molecule has 0 aromatic heterocycles. The molecule has 3 fully saturated rings. The number of hydrogen-bond acceptors (Lipinski definition) is 3. The van der Waals surface area contributed by atoms with Gasteiger partial charge in [-0.2, -0.15) is 0 Å². The molecule has 0 radical (unpaired) electrons. The van der Waals surface area contributed by atoms with E-state index in [0.717, 1.165) is 24.0 Å². The number of hydrogen-bond donors (Lipinski definition) is 1. The van der Waals surface area contributed by atoms with Gasteiger partial charge in [0.2, 0.25) is 11.8 Å². The maximum Gasteiger partial charge on any atom is 0.251 e. The van der Waals surface area contributed by atoms with E-state index in [-0.39, 0.29) is 29.8 Å². The smallest absolute Gasteiger partial charge is 0.251 e. The first kappa shape index (κ1) is 17.9. The molecule has 2 aromatic rings. The molecule has 0 unspecified atom stereocenters. The molecule has 0 spiro atoms. The topological polar surface area (TPSA) is 69.7 Å². The Morgan fingerprint density at radius 3 is 2.31 bits per heavy atom. The van der Waals surface area contributed by atoms with E-state index < -0.39 is 6.04 Å². The minimum atomic E-state index is -0.428. The molecular weight excluding hydrogens is 366 g/mol. The van der Waals surface area contributed by atoms with Crippen molar-refractivity contribution >= 4 is 17.7 Å². The lowest BCUT2D eigenvalue weighted by Crippen LogP contribution is -2.60. The Balaban J connectivity index is 1.26. The highest BCUT2D eigenvalue weighted by atomic mass is 16.2. The van der Waals surface area contributed by atoms with Crippen LogP contribution < -0.4 is 5.32 Å². The average Bonchev–Trinajstić information content (AvgIpc) is 3.41. The summed E-state index contributed by atoms with van der Waals surface area (Å²) in [4.78, 5) is 41.6. The number of amides is 3. The third-order valence-electron chi connectivity index (χ3n) is 6.28. The number of piperazine rings is 1. The molecule has 148 valence electrons. The van der Waals surface area contributed by atoms with Gasteiger partial charge in [-0.15, -0.1) is 0 Å². The van der Waals surface area contributed by atoms with Crippen molar-refractivity contribution < 1.29 is 14.4 Å². The first-order valence-corrected chi connectivity index (χ1v) is 10.2. The summed E-state index contributed by atoms with van der Waals surface area (Å²) in [7, 11) is 0. The molecule has 6 heteroatoms. The molecular formula is C23H23N3O3. The number of fused-ring (bicyclic) bond motifs is 2. The molecule has 0 aliphatic carbocycles. The summed E-state index contributed by atoms with van der Waals surface area (Å²) in [6.07, 6.45) is 2.13. The van der Waals surface area contributed by atoms with Crippen molar-refractivity contribution in [1.82, 2.24) is 15.1 Å². The fourth-order valence-electron chi connectivity index (χ4n) is 4.80. The summed E-state index contributed by atoms with van der Waals surface area (Å²) >= 11 is 0. The predicted octanol–water partition coefficient (Wildman–Crippen LogP) is 2.06. The fourth-order valence-corrected chi connectivity index (χ4v) is 4.80. The Morgan fingerprint density at radius 1 is 0.862 bits per heavy atom. The van der Waals surface area contributed by atoms with Crippen molar-refractivity contribution in [1.29, 1.82) is 0 Å². The van der Waals surface area contributed by atoms with Crippen LogP contribution in [0.1, 0.15) is 29.6 Å². The Labute approximate surface area is 169 Å². The van der Waals surface area contributed by atoms with Crippen LogP contribution >= 0.6 is 0 Å². The van der Waals surface area contributed by atoms with Crippen LogP contribution in [0, 0.1) is 0 Å². The van der Waals surface area contributed by atoms with Gasteiger partial charge >= 0.3 is 0 Å². The van der Waals surface area contributed by atoms with E-state index in [1.807, 2.05) is 54.6 Å². The molecule has 5 rings (SSSR count). The van der Waals surface area contributed by atoms with Gasteiger partial charge in [-0.25, -0.2) is 0 Å². The van der Waals surface area contributed by atoms with Gasteiger partial charge in [-0.05, 0) is 42.5 Å². The molecule has 3 aliphatic rings. The van der Waals surface area contributed by atoms with Crippen LogP contribution in [0.4, 0.5) is 0 Å². The third-order valence-corrected chi connectivity index (χ3v) is 6.28. The molecule has 3 saturated heterocycles. The SMILES string of the molecule is O=C(N[C@H]1C[C@H]2C(=O)N3CCC[C@@H]3C(=O)N2C1)c1ccc(-c2ccccc2)cc1. The molecule has 6 nitrogen and oxygen atoms in total. The Bertz CT molecular complexity index is 927. The van der Waals surface area contributed by atoms with Gasteiger partial charge in [0.05, 0.1) is 0 Å². The van der Waals surface area contributed by atoms with E-state index in [2.05, 4.69) is 5.32 Å². The molecule has 3 aliphatic heterocycles. The Hall–Kier alpha value is -3.15. The first-order valence-electron chi connectivity index (χ1n) is 10.2. The van der Waals surface area contributed by atoms with E-state index >= 15 is 0 Å². The largest absolute Gasteiger partial charge is 0.347 e. The van der Waals surface area contributed by atoms with Crippen molar-refractivity contribution in [2.45, 2.75) is 37.4 Å². The quantitative estimate of drug-likeness (QED) is 0.874. The summed E-state index contributed by atoms with van der Waals surface area (Å²) in [5, 5.41) is 3.01. The minimum Gasteiger partial charge on any atom is -0.347 e. The number of nitrogens with one attached hydrogen (secondary N) is 1. The number of nitrogens with zero attached hydrogens (tertiary/aromatic N) is 2. The van der Waals surface area contributed by atoms with Gasteiger partial charge in [0.1, 0.15) is 12.1 Å². The zero-order valence-corrected chi connectivity index (χ0v) is 16.1. The maximum absolute atomic E-state index is 12.7. The summed E-state index contributed by atoms with van der Waals surface area (Å²) in [6, 6.07) is 16.6. The van der Waals surface area contributed by atoms with Crippen molar-refractivity contribution in [3.8, 4) is 11.1 Å². The van der Waals surface area contributed by atoms with Gasteiger partial charge in [-0.3, -0.25) is 14.4 Å². The Kier molecular flexibility index (Phi) is 4.34. The molecule has 3 amide bonds. The number of benzene rings is 2. The van der Waals surface area contributed by atoms with Crippen LogP contribution in [-0.4, -0.2) is 58.7 Å². The van der Waals surface area contributed by atoms with Crippen LogP contribution in [0.25, 0.3) is 11.1 Å². The standard InChI is InChI=1S/C23H23N3O3/c27-21(17-10-8-16(9-11-17)15-5-2-1-3-6-15)24-18-13-20-23(29)25-12-4-7-19(25)22(28)26(20)14-18/h1-3,5-6,8-11,18-20H,4,7,12-14H2,(H,24,27)/t18-,19+,20-/m0/s1. The highest BCUT2D eigenvalue weighted by molar-refractivity contribution is 5.99. The monoisotopic (exact) mass is 389 g/mol. The molecule has 2 aromatic carbocycles. The number of rotatable bonds is 3. The summed E-state index contributed by atoms with van der Waals surface area (Å²) in [5.74, 6) is -0.0954. The second kappa shape index (κ2) is 7.03. The van der Waals surface area contributed by atoms with Crippen molar-refractivity contribution in [3.05, 3.63) is 60.2 Å². The van der Waals surface area contributed by atoms with Crippen molar-refractivity contribution in [2.24, 2.45) is 0 Å². The predicted molar refractivity (Wildman–Crippen MR) is 108 cm³/mol. The van der Waals surface area contributed by atoms with Gasteiger partial charge in [0.25, 0.3) is 5.91 Å². The van der Waals surface area contributed by atoms with Gasteiger partial charge in [0.15, 0.2) is 0 Å². The van der Waals surface area contributed by atoms with E-state index in [1.165, 1.54) is 0 Å². The van der Waals surface area contributed by atoms with Gasteiger partial charge in [-0.1, -0.05) is 42.5 Å². The van der Waals surface area contributed by atoms with Crippen LogP contribution in [0.2, 0.25) is 0 Å². The van der Waals surface area contributed by atoms with E-state index in [1.54, 1.807) is 9.80 Å². The van der Waals surface area contributed by atoms with Gasteiger partial charge in [0, 0.05) is 24.7 Å². The summed E-state index contributed by atoms with van der Waals surface area (Å²) < 4.78 is 0. The molecule has 0 saturated carbocycles. The second-order valence-electron chi connectivity index (χ2n) is 8.05. The number of carbonyl (C=O) groups is 3.